The topological polar surface area (TPSA) is 55.2 Å². The van der Waals surface area contributed by atoms with Gasteiger partial charge < -0.3 is 4.90 Å². The number of aromatic nitrogens is 2. The second kappa shape index (κ2) is 7.88. The smallest absolute Gasteiger partial charge is 0.291 e. The lowest BCUT2D eigenvalue weighted by molar-refractivity contribution is -0.127. The average Bonchev–Trinajstić information content (AvgIpc) is 3.23. The predicted octanol–water partition coefficient (Wildman–Crippen LogP) is 3.74. The van der Waals surface area contributed by atoms with Crippen molar-refractivity contribution >= 4 is 11.7 Å². The molecule has 1 amide bonds. The first-order valence-electron chi connectivity index (χ1n) is 8.99. The van der Waals surface area contributed by atoms with Crippen LogP contribution in [0.2, 0.25) is 0 Å². The molecule has 3 rings (SSSR count). The molecular formula is C21H21F2N3O2. The van der Waals surface area contributed by atoms with Gasteiger partial charge in [-0.05, 0) is 31.1 Å². The first-order valence-corrected chi connectivity index (χ1v) is 8.99. The Morgan fingerprint density at radius 2 is 1.75 bits per heavy atom. The lowest BCUT2D eigenvalue weighted by Gasteiger charge is -2.31. The third kappa shape index (κ3) is 3.93. The number of rotatable bonds is 6. The van der Waals surface area contributed by atoms with Gasteiger partial charge in [0.2, 0.25) is 11.7 Å². The van der Waals surface area contributed by atoms with E-state index in [9.17, 15) is 18.4 Å². The van der Waals surface area contributed by atoms with E-state index in [-0.39, 0.29) is 29.0 Å². The SMILES string of the molecule is C=CC(=O)N1CCC(n2ccc(C(=O)c3ccc(C(F)(F)C=C)cc3)n2)CC1. The second-order valence-corrected chi connectivity index (χ2v) is 6.68. The first-order chi connectivity index (χ1) is 13.4. The largest absolute Gasteiger partial charge is 0.339 e. The maximum atomic E-state index is 13.6. The first kappa shape index (κ1) is 19.7. The van der Waals surface area contributed by atoms with E-state index in [0.29, 0.717) is 24.7 Å². The van der Waals surface area contributed by atoms with Crippen LogP contribution >= 0.6 is 0 Å². The molecule has 1 aromatic carbocycles. The number of hydrogen-bond donors (Lipinski definition) is 0. The van der Waals surface area contributed by atoms with Crippen LogP contribution in [0.5, 0.6) is 0 Å². The summed E-state index contributed by atoms with van der Waals surface area (Å²) in [6, 6.07) is 6.90. The van der Waals surface area contributed by atoms with Crippen molar-refractivity contribution in [3.63, 3.8) is 0 Å². The number of nitrogens with zero attached hydrogens (tertiary/aromatic N) is 3. The van der Waals surface area contributed by atoms with E-state index >= 15 is 0 Å². The Balaban J connectivity index is 1.68. The molecule has 1 aromatic heterocycles. The Bertz CT molecular complexity index is 895. The zero-order valence-corrected chi connectivity index (χ0v) is 15.4. The average molecular weight is 385 g/mol. The van der Waals surface area contributed by atoms with Crippen molar-refractivity contribution in [2.24, 2.45) is 0 Å². The minimum absolute atomic E-state index is 0.0831. The summed E-state index contributed by atoms with van der Waals surface area (Å²) in [4.78, 5) is 26.0. The van der Waals surface area contributed by atoms with Gasteiger partial charge in [-0.25, -0.2) is 0 Å². The van der Waals surface area contributed by atoms with Crippen LogP contribution in [0.25, 0.3) is 0 Å². The number of benzene rings is 1. The number of piperidine rings is 1. The summed E-state index contributed by atoms with van der Waals surface area (Å²) in [6.07, 6.45) is 5.09. The Morgan fingerprint density at radius 1 is 1.11 bits per heavy atom. The molecule has 0 radical (unpaired) electrons. The summed E-state index contributed by atoms with van der Waals surface area (Å²) in [5.74, 6) is -3.54. The summed E-state index contributed by atoms with van der Waals surface area (Å²) in [5.41, 5.74) is 0.332. The summed E-state index contributed by atoms with van der Waals surface area (Å²) in [6.45, 7) is 7.84. The zero-order chi connectivity index (χ0) is 20.3. The molecule has 28 heavy (non-hydrogen) atoms. The number of halogens is 2. The molecule has 1 aliphatic heterocycles. The fraction of sp³-hybridized carbons (Fsp3) is 0.286. The van der Waals surface area contributed by atoms with E-state index in [2.05, 4.69) is 18.3 Å². The Hall–Kier alpha value is -3.09. The van der Waals surface area contributed by atoms with E-state index < -0.39 is 5.92 Å². The van der Waals surface area contributed by atoms with Crippen LogP contribution in [0, 0.1) is 0 Å². The molecule has 1 saturated heterocycles. The van der Waals surface area contributed by atoms with Crippen molar-refractivity contribution in [1.29, 1.82) is 0 Å². The molecule has 1 fully saturated rings. The van der Waals surface area contributed by atoms with Gasteiger partial charge >= 0.3 is 0 Å². The number of hydrogen-bond acceptors (Lipinski definition) is 3. The normalized spacial score (nSPS) is 15.3. The highest BCUT2D eigenvalue weighted by Gasteiger charge is 2.27. The third-order valence-electron chi connectivity index (χ3n) is 4.95. The standard InChI is InChI=1S/C21H21F2N3O2/c1-3-19(27)25-12-9-17(10-13-25)26-14-11-18(24-26)20(28)15-5-7-16(8-6-15)21(22,23)4-2/h3-8,11,14,17H,1-2,9-10,12-13H2. The van der Waals surface area contributed by atoms with E-state index in [1.165, 1.54) is 30.3 Å². The van der Waals surface area contributed by atoms with Crippen molar-refractivity contribution in [2.45, 2.75) is 24.8 Å². The van der Waals surface area contributed by atoms with Gasteiger partial charge in [0.1, 0.15) is 5.69 Å². The molecule has 146 valence electrons. The van der Waals surface area contributed by atoms with Gasteiger partial charge in [0.25, 0.3) is 5.92 Å². The minimum atomic E-state index is -3.13. The molecule has 0 unspecified atom stereocenters. The van der Waals surface area contributed by atoms with Crippen LogP contribution in [0.3, 0.4) is 0 Å². The monoisotopic (exact) mass is 385 g/mol. The van der Waals surface area contributed by atoms with Crippen molar-refractivity contribution in [1.82, 2.24) is 14.7 Å². The molecule has 0 aliphatic carbocycles. The lowest BCUT2D eigenvalue weighted by atomic mass is 10.0. The Kier molecular flexibility index (Phi) is 5.53. The van der Waals surface area contributed by atoms with Crippen LogP contribution in [-0.2, 0) is 10.7 Å². The molecule has 5 nitrogen and oxygen atoms in total. The number of carbonyl (C=O) groups is 2. The third-order valence-corrected chi connectivity index (χ3v) is 4.95. The maximum Gasteiger partial charge on any atom is 0.291 e. The van der Waals surface area contributed by atoms with Crippen LogP contribution in [0.1, 0.15) is 40.5 Å². The predicted molar refractivity (Wildman–Crippen MR) is 101 cm³/mol. The summed E-state index contributed by atoms with van der Waals surface area (Å²) >= 11 is 0. The summed E-state index contributed by atoms with van der Waals surface area (Å²) in [5, 5.41) is 4.37. The molecule has 0 bridgehead atoms. The van der Waals surface area contributed by atoms with Crippen molar-refractivity contribution in [2.75, 3.05) is 13.1 Å². The van der Waals surface area contributed by atoms with E-state index in [4.69, 9.17) is 0 Å². The van der Waals surface area contributed by atoms with Crippen molar-refractivity contribution < 1.29 is 18.4 Å². The van der Waals surface area contributed by atoms with Gasteiger partial charge in [-0.2, -0.15) is 13.9 Å². The van der Waals surface area contributed by atoms with Crippen LogP contribution in [0.4, 0.5) is 8.78 Å². The van der Waals surface area contributed by atoms with Crippen molar-refractivity contribution in [3.05, 3.63) is 78.7 Å². The second-order valence-electron chi connectivity index (χ2n) is 6.68. The Morgan fingerprint density at radius 3 is 2.32 bits per heavy atom. The molecular weight excluding hydrogens is 364 g/mol. The number of allylic oxidation sites excluding steroid dienone is 1. The molecule has 0 spiro atoms. The van der Waals surface area contributed by atoms with Crippen LogP contribution in [-0.4, -0.2) is 39.5 Å². The van der Waals surface area contributed by atoms with Crippen LogP contribution in [0.15, 0.2) is 61.8 Å². The van der Waals surface area contributed by atoms with Gasteiger partial charge in [0.15, 0.2) is 0 Å². The number of likely N-dealkylation sites (tertiary alicyclic amines) is 1. The quantitative estimate of drug-likeness (QED) is 0.432. The molecule has 0 saturated carbocycles. The highest BCUT2D eigenvalue weighted by atomic mass is 19.3. The molecule has 2 aromatic rings. The summed E-state index contributed by atoms with van der Waals surface area (Å²) in [7, 11) is 0. The fourth-order valence-corrected chi connectivity index (χ4v) is 3.25. The van der Waals surface area contributed by atoms with Gasteiger partial charge in [-0.1, -0.05) is 37.4 Å². The van der Waals surface area contributed by atoms with E-state index in [0.717, 1.165) is 12.8 Å². The van der Waals surface area contributed by atoms with Crippen LogP contribution < -0.4 is 0 Å². The van der Waals surface area contributed by atoms with E-state index in [1.54, 1.807) is 21.8 Å². The molecule has 2 heterocycles. The molecule has 0 atom stereocenters. The maximum absolute atomic E-state index is 13.6. The number of carbonyl (C=O) groups excluding carboxylic acids is 2. The molecule has 0 N–H and O–H groups in total. The Labute approximate surface area is 162 Å². The van der Waals surface area contributed by atoms with Gasteiger partial charge in [-0.3, -0.25) is 14.3 Å². The van der Waals surface area contributed by atoms with Gasteiger partial charge in [0, 0.05) is 30.4 Å². The van der Waals surface area contributed by atoms with E-state index in [1.807, 2.05) is 0 Å². The number of ketones is 1. The molecule has 1 aliphatic rings. The highest BCUT2D eigenvalue weighted by molar-refractivity contribution is 6.07. The number of amides is 1. The van der Waals surface area contributed by atoms with Gasteiger partial charge in [-0.15, -0.1) is 0 Å². The zero-order valence-electron chi connectivity index (χ0n) is 15.4. The number of alkyl halides is 2. The fourth-order valence-electron chi connectivity index (χ4n) is 3.25. The summed E-state index contributed by atoms with van der Waals surface area (Å²) < 4.78 is 28.9. The molecule has 7 heteroatoms. The highest BCUT2D eigenvalue weighted by Crippen LogP contribution is 2.29. The van der Waals surface area contributed by atoms with Crippen molar-refractivity contribution in [3.8, 4) is 0 Å². The lowest BCUT2D eigenvalue weighted by Crippen LogP contribution is -2.38. The minimum Gasteiger partial charge on any atom is -0.339 e. The van der Waals surface area contributed by atoms with Gasteiger partial charge in [0.05, 0.1) is 6.04 Å².